The number of aromatic nitrogens is 3. The molecule has 0 aliphatic carbocycles. The maximum absolute atomic E-state index is 16.0. The highest BCUT2D eigenvalue weighted by Gasteiger charge is 2.23. The zero-order chi connectivity index (χ0) is 31.2. The van der Waals surface area contributed by atoms with Crippen LogP contribution in [0, 0.1) is 11.6 Å². The van der Waals surface area contributed by atoms with Gasteiger partial charge in [-0.25, -0.2) is 17.8 Å². The van der Waals surface area contributed by atoms with Gasteiger partial charge in [0.25, 0.3) is 0 Å². The van der Waals surface area contributed by atoms with Crippen LogP contribution in [-0.4, -0.2) is 64.5 Å². The molecular formula is C30H31ClF5N7S. The number of rotatable bonds is 7. The lowest BCUT2D eigenvalue weighted by molar-refractivity contribution is 0.00819. The number of alkyl halides is 3. The minimum absolute atomic E-state index is 0.255. The quantitative estimate of drug-likeness (QED) is 0.158. The van der Waals surface area contributed by atoms with Crippen LogP contribution in [0.15, 0.2) is 61.1 Å². The summed E-state index contributed by atoms with van der Waals surface area (Å²) in [5.74, 6) is -0.857. The van der Waals surface area contributed by atoms with E-state index in [1.165, 1.54) is 16.8 Å². The molecule has 44 heavy (non-hydrogen) atoms. The SMILES string of the molecule is CC1CNCCN1c1ccc(-n2cc(-c3cc(Cl)cc(NSN4CCCC4)c3F)c(-c3ccncc3)n2)c(F)c1.FC(F)F. The van der Waals surface area contributed by atoms with E-state index in [9.17, 15) is 13.2 Å². The second-order valence-electron chi connectivity index (χ2n) is 10.3. The maximum atomic E-state index is 16.0. The van der Waals surface area contributed by atoms with E-state index >= 15 is 8.78 Å². The summed E-state index contributed by atoms with van der Waals surface area (Å²) in [6.07, 6.45) is 7.20. The summed E-state index contributed by atoms with van der Waals surface area (Å²) < 4.78 is 67.4. The molecule has 0 amide bonds. The van der Waals surface area contributed by atoms with Crippen molar-refractivity contribution >= 4 is 35.1 Å². The number of hydrogen-bond donors (Lipinski definition) is 2. The molecule has 2 aromatic heterocycles. The number of nitrogens with one attached hydrogen (secondary N) is 2. The summed E-state index contributed by atoms with van der Waals surface area (Å²) in [4.78, 5) is 6.29. The Hall–Kier alpha value is -3.39. The highest BCUT2D eigenvalue weighted by atomic mass is 35.5. The van der Waals surface area contributed by atoms with Crippen molar-refractivity contribution < 1.29 is 22.0 Å². The number of piperazine rings is 1. The predicted molar refractivity (Wildman–Crippen MR) is 166 cm³/mol. The zero-order valence-electron chi connectivity index (χ0n) is 23.8. The molecule has 4 aromatic rings. The van der Waals surface area contributed by atoms with E-state index in [1.807, 2.05) is 6.07 Å². The minimum Gasteiger partial charge on any atom is -0.366 e. The van der Waals surface area contributed by atoms with Crippen molar-refractivity contribution in [1.82, 2.24) is 24.4 Å². The van der Waals surface area contributed by atoms with Gasteiger partial charge in [-0.15, -0.1) is 0 Å². The molecular weight excluding hydrogens is 621 g/mol. The van der Waals surface area contributed by atoms with Crippen LogP contribution in [0.2, 0.25) is 5.02 Å². The van der Waals surface area contributed by atoms with Gasteiger partial charge in [0.1, 0.15) is 11.4 Å². The Morgan fingerprint density at radius 3 is 2.41 bits per heavy atom. The summed E-state index contributed by atoms with van der Waals surface area (Å²) in [7, 11) is 0. The third kappa shape index (κ3) is 7.63. The summed E-state index contributed by atoms with van der Waals surface area (Å²) >= 11 is 7.86. The Morgan fingerprint density at radius 1 is 1.00 bits per heavy atom. The van der Waals surface area contributed by atoms with Gasteiger partial charge in [-0.2, -0.15) is 18.3 Å². The number of anilines is 2. The fourth-order valence-corrected chi connectivity index (χ4v) is 6.29. The molecule has 0 spiro atoms. The fraction of sp³-hybridized carbons (Fsp3) is 0.333. The van der Waals surface area contributed by atoms with E-state index in [0.717, 1.165) is 56.8 Å². The zero-order valence-corrected chi connectivity index (χ0v) is 25.4. The Kier molecular flexibility index (Phi) is 10.6. The average molecular weight is 652 g/mol. The van der Waals surface area contributed by atoms with Crippen molar-refractivity contribution in [2.75, 3.05) is 42.3 Å². The molecule has 1 atom stereocenters. The van der Waals surface area contributed by atoms with Crippen LogP contribution in [0.4, 0.5) is 33.3 Å². The Balaban J connectivity index is 0.000000906. The first-order valence-electron chi connectivity index (χ1n) is 14.1. The van der Waals surface area contributed by atoms with Crippen LogP contribution >= 0.6 is 23.7 Å². The second kappa shape index (κ2) is 14.6. The number of benzene rings is 2. The van der Waals surface area contributed by atoms with Crippen LogP contribution in [0.5, 0.6) is 0 Å². The molecule has 2 N–H and O–H groups in total. The van der Waals surface area contributed by atoms with Gasteiger partial charge in [0.2, 0.25) is 0 Å². The smallest absolute Gasteiger partial charge is 0.366 e. The fourth-order valence-electron chi connectivity index (χ4n) is 5.25. The topological polar surface area (TPSA) is 61.2 Å². The molecule has 234 valence electrons. The molecule has 4 heterocycles. The summed E-state index contributed by atoms with van der Waals surface area (Å²) in [6.45, 7) is 2.85. The molecule has 7 nitrogen and oxygen atoms in total. The Bertz CT molecular complexity index is 1550. The van der Waals surface area contributed by atoms with Crippen LogP contribution in [0.3, 0.4) is 0 Å². The van der Waals surface area contributed by atoms with E-state index in [0.29, 0.717) is 16.3 Å². The van der Waals surface area contributed by atoms with E-state index in [1.54, 1.807) is 55.0 Å². The second-order valence-corrected chi connectivity index (χ2v) is 11.7. The van der Waals surface area contributed by atoms with Gasteiger partial charge in [-0.3, -0.25) is 4.98 Å². The van der Waals surface area contributed by atoms with Gasteiger partial charge >= 0.3 is 6.68 Å². The van der Waals surface area contributed by atoms with Gasteiger partial charge in [0, 0.05) is 96.9 Å². The predicted octanol–water partition coefficient (Wildman–Crippen LogP) is 7.58. The number of pyridine rings is 1. The van der Waals surface area contributed by atoms with Crippen molar-refractivity contribution in [2.24, 2.45) is 0 Å². The molecule has 2 aliphatic heterocycles. The van der Waals surface area contributed by atoms with E-state index in [2.05, 4.69) is 31.2 Å². The third-order valence-electron chi connectivity index (χ3n) is 7.36. The normalized spacial score (nSPS) is 17.1. The van der Waals surface area contributed by atoms with Crippen molar-refractivity contribution in [3.8, 4) is 28.1 Å². The number of hydrogen-bond acceptors (Lipinski definition) is 7. The molecule has 2 fully saturated rings. The van der Waals surface area contributed by atoms with Gasteiger partial charge in [0.05, 0.1) is 5.69 Å². The first kappa shape index (κ1) is 32.0. The van der Waals surface area contributed by atoms with Gasteiger partial charge in [-0.1, -0.05) is 11.6 Å². The molecule has 6 rings (SSSR count). The Morgan fingerprint density at radius 2 is 1.73 bits per heavy atom. The highest BCUT2D eigenvalue weighted by Crippen LogP contribution is 2.39. The van der Waals surface area contributed by atoms with E-state index in [4.69, 9.17) is 16.7 Å². The largest absolute Gasteiger partial charge is 0.379 e. The molecule has 14 heteroatoms. The standard InChI is InChI=1S/C29H30ClF2N7S.CHF3/c1-19-17-34-10-13-38(19)22-4-5-27(25(31)16-22)39-18-24(29(35-39)20-6-8-33-9-7-20)23-14-21(30)15-26(28(23)32)36-40-37-11-2-3-12-37;2-1(3)4/h4-9,14-16,18-19,34,36H,2-3,10-13,17H2,1H3;1H. The van der Waals surface area contributed by atoms with Crippen LogP contribution in [-0.2, 0) is 0 Å². The van der Waals surface area contributed by atoms with E-state index in [-0.39, 0.29) is 23.0 Å². The third-order valence-corrected chi connectivity index (χ3v) is 8.51. The molecule has 2 aromatic carbocycles. The summed E-state index contributed by atoms with van der Waals surface area (Å²) in [6, 6.07) is 12.2. The lowest BCUT2D eigenvalue weighted by Crippen LogP contribution is -2.49. The molecule has 0 radical (unpaired) electrons. The van der Waals surface area contributed by atoms with E-state index < -0.39 is 18.3 Å². The molecule has 1 unspecified atom stereocenters. The minimum atomic E-state index is -3.67. The first-order chi connectivity index (χ1) is 21.2. The van der Waals surface area contributed by atoms with Crippen LogP contribution < -0.4 is 14.9 Å². The van der Waals surface area contributed by atoms with Crippen molar-refractivity contribution in [1.29, 1.82) is 0 Å². The van der Waals surface area contributed by atoms with Gasteiger partial charge < -0.3 is 14.9 Å². The highest BCUT2D eigenvalue weighted by molar-refractivity contribution is 7.98. The van der Waals surface area contributed by atoms with Crippen molar-refractivity contribution in [2.45, 2.75) is 32.5 Å². The monoisotopic (exact) mass is 651 g/mol. The lowest BCUT2D eigenvalue weighted by atomic mass is 10.0. The lowest BCUT2D eigenvalue weighted by Gasteiger charge is -2.36. The van der Waals surface area contributed by atoms with Gasteiger partial charge in [-0.05, 0) is 62.2 Å². The summed E-state index contributed by atoms with van der Waals surface area (Å²) in [5, 5.41) is 8.48. The Labute approximate surface area is 261 Å². The van der Waals surface area contributed by atoms with Crippen molar-refractivity contribution in [3.05, 3.63) is 77.7 Å². The van der Waals surface area contributed by atoms with Gasteiger partial charge in [0.15, 0.2) is 11.6 Å². The molecule has 2 aliphatic rings. The first-order valence-corrected chi connectivity index (χ1v) is 15.2. The van der Waals surface area contributed by atoms with Crippen LogP contribution in [0.25, 0.3) is 28.1 Å². The number of halogens is 6. The number of nitrogens with zero attached hydrogens (tertiary/aromatic N) is 5. The molecule has 0 bridgehead atoms. The molecule has 0 saturated carbocycles. The van der Waals surface area contributed by atoms with Crippen molar-refractivity contribution in [3.63, 3.8) is 0 Å². The maximum Gasteiger partial charge on any atom is 0.379 e. The average Bonchev–Trinajstić information content (AvgIpc) is 3.68. The molecule has 2 saturated heterocycles. The summed E-state index contributed by atoms with van der Waals surface area (Å²) in [5.41, 5.74) is 3.40. The van der Waals surface area contributed by atoms with Crippen LogP contribution in [0.1, 0.15) is 19.8 Å².